The number of hydrogen-bond donors (Lipinski definition) is 1. The molecule has 1 N–H and O–H groups in total. The van der Waals surface area contributed by atoms with Crippen molar-refractivity contribution in [1.82, 2.24) is 5.32 Å². The maximum atomic E-state index is 11.0. The predicted molar refractivity (Wildman–Crippen MR) is 54.3 cm³/mol. The molecule has 1 amide bonds. The molecule has 2 heteroatoms. The van der Waals surface area contributed by atoms with Gasteiger partial charge >= 0.3 is 0 Å². The largest absolute Gasteiger partial charge is 0.350 e. The molecule has 0 heterocycles. The van der Waals surface area contributed by atoms with E-state index in [9.17, 15) is 4.79 Å². The molecule has 2 atom stereocenters. The fourth-order valence-electron chi connectivity index (χ4n) is 2.01. The van der Waals surface area contributed by atoms with Gasteiger partial charge in [-0.1, -0.05) is 20.4 Å². The minimum Gasteiger partial charge on any atom is -0.350 e. The number of hydrogen-bond acceptors (Lipinski definition) is 1. The summed E-state index contributed by atoms with van der Waals surface area (Å²) in [7, 11) is 0. The van der Waals surface area contributed by atoms with Gasteiger partial charge in [-0.2, -0.15) is 0 Å². The highest BCUT2D eigenvalue weighted by Crippen LogP contribution is 2.31. The minimum atomic E-state index is -0.0330. The van der Waals surface area contributed by atoms with Crippen molar-refractivity contribution in [2.45, 2.75) is 39.2 Å². The zero-order valence-electron chi connectivity index (χ0n) is 8.55. The summed E-state index contributed by atoms with van der Waals surface area (Å²) >= 11 is 0. The molecule has 0 bridgehead atoms. The van der Waals surface area contributed by atoms with E-state index in [0.29, 0.717) is 6.04 Å². The number of nitrogens with one attached hydrogen (secondary N) is 1. The lowest BCUT2D eigenvalue weighted by Gasteiger charge is -2.14. The average Bonchev–Trinajstić information content (AvgIpc) is 2.52. The van der Waals surface area contributed by atoms with Crippen LogP contribution in [0.3, 0.4) is 0 Å². The van der Waals surface area contributed by atoms with Crippen LogP contribution >= 0.6 is 0 Å². The Hall–Kier alpha value is -0.790. The SMILES string of the molecule is C=CC(=O)N[C@@H]1CCC(C(C)C)C1. The Labute approximate surface area is 80.4 Å². The Bertz CT molecular complexity index is 198. The molecule has 1 fully saturated rings. The van der Waals surface area contributed by atoms with Gasteiger partial charge in [-0.15, -0.1) is 0 Å². The first-order valence-corrected chi connectivity index (χ1v) is 5.06. The summed E-state index contributed by atoms with van der Waals surface area (Å²) in [4.78, 5) is 11.0. The zero-order chi connectivity index (χ0) is 9.84. The molecule has 74 valence electrons. The van der Waals surface area contributed by atoms with E-state index in [2.05, 4.69) is 25.7 Å². The number of carbonyl (C=O) groups is 1. The molecule has 1 aliphatic carbocycles. The highest BCUT2D eigenvalue weighted by molar-refractivity contribution is 5.87. The summed E-state index contributed by atoms with van der Waals surface area (Å²) in [6, 6.07) is 0.387. The molecule has 1 saturated carbocycles. The van der Waals surface area contributed by atoms with Crippen molar-refractivity contribution in [3.63, 3.8) is 0 Å². The van der Waals surface area contributed by atoms with Crippen molar-refractivity contribution in [2.75, 3.05) is 0 Å². The second-order valence-electron chi connectivity index (χ2n) is 4.23. The highest BCUT2D eigenvalue weighted by Gasteiger charge is 2.26. The van der Waals surface area contributed by atoms with E-state index in [0.717, 1.165) is 24.7 Å². The summed E-state index contributed by atoms with van der Waals surface area (Å²) in [6.45, 7) is 7.95. The quantitative estimate of drug-likeness (QED) is 0.664. The first kappa shape index (κ1) is 10.3. The standard InChI is InChI=1S/C11H19NO/c1-4-11(13)12-10-6-5-9(7-10)8(2)3/h4,8-10H,1,5-7H2,2-3H3,(H,12,13)/t9?,10-/m1/s1. The summed E-state index contributed by atoms with van der Waals surface area (Å²) in [5, 5.41) is 2.96. The van der Waals surface area contributed by atoms with Gasteiger partial charge in [0.1, 0.15) is 0 Å². The Morgan fingerprint density at radius 3 is 2.69 bits per heavy atom. The third-order valence-corrected chi connectivity index (χ3v) is 2.95. The van der Waals surface area contributed by atoms with Gasteiger partial charge in [0, 0.05) is 6.04 Å². The van der Waals surface area contributed by atoms with Crippen LogP contribution in [0.2, 0.25) is 0 Å². The normalized spacial score (nSPS) is 27.6. The summed E-state index contributed by atoms with van der Waals surface area (Å²) in [6.07, 6.45) is 4.86. The van der Waals surface area contributed by atoms with Gasteiger partial charge in [-0.3, -0.25) is 4.79 Å². The molecular formula is C11H19NO. The molecule has 0 aliphatic heterocycles. The molecule has 0 aromatic carbocycles. The van der Waals surface area contributed by atoms with Crippen LogP contribution < -0.4 is 5.32 Å². The van der Waals surface area contributed by atoms with Gasteiger partial charge in [-0.25, -0.2) is 0 Å². The fourth-order valence-corrected chi connectivity index (χ4v) is 2.01. The minimum absolute atomic E-state index is 0.0330. The second-order valence-corrected chi connectivity index (χ2v) is 4.23. The first-order chi connectivity index (χ1) is 6.13. The molecule has 1 rings (SSSR count). The Morgan fingerprint density at radius 2 is 2.23 bits per heavy atom. The van der Waals surface area contributed by atoms with Crippen LogP contribution in [0.1, 0.15) is 33.1 Å². The van der Waals surface area contributed by atoms with Crippen LogP contribution in [0.4, 0.5) is 0 Å². The molecule has 13 heavy (non-hydrogen) atoms. The lowest BCUT2D eigenvalue weighted by molar-refractivity contribution is -0.117. The van der Waals surface area contributed by atoms with Gasteiger partial charge in [0.2, 0.25) is 5.91 Å². The van der Waals surface area contributed by atoms with E-state index in [4.69, 9.17) is 0 Å². The zero-order valence-corrected chi connectivity index (χ0v) is 8.55. The van der Waals surface area contributed by atoms with Gasteiger partial charge < -0.3 is 5.32 Å². The summed E-state index contributed by atoms with van der Waals surface area (Å²) < 4.78 is 0. The summed E-state index contributed by atoms with van der Waals surface area (Å²) in [5.41, 5.74) is 0. The van der Waals surface area contributed by atoms with E-state index < -0.39 is 0 Å². The topological polar surface area (TPSA) is 29.1 Å². The molecule has 0 aromatic heterocycles. The second kappa shape index (κ2) is 4.45. The Balaban J connectivity index is 2.33. The molecule has 1 aliphatic rings. The first-order valence-electron chi connectivity index (χ1n) is 5.06. The molecule has 2 nitrogen and oxygen atoms in total. The van der Waals surface area contributed by atoms with Crippen LogP contribution in [-0.2, 0) is 4.79 Å². The molecule has 0 radical (unpaired) electrons. The van der Waals surface area contributed by atoms with Gasteiger partial charge in [0.15, 0.2) is 0 Å². The monoisotopic (exact) mass is 181 g/mol. The van der Waals surface area contributed by atoms with E-state index in [1.807, 2.05) is 0 Å². The molecule has 1 unspecified atom stereocenters. The smallest absolute Gasteiger partial charge is 0.243 e. The lowest BCUT2D eigenvalue weighted by atomic mass is 9.94. The molecule has 0 aromatic rings. The van der Waals surface area contributed by atoms with Crippen LogP contribution in [-0.4, -0.2) is 11.9 Å². The Kier molecular flexibility index (Phi) is 3.52. The maximum absolute atomic E-state index is 11.0. The lowest BCUT2D eigenvalue weighted by Crippen LogP contribution is -2.31. The van der Waals surface area contributed by atoms with E-state index in [-0.39, 0.29) is 5.91 Å². The van der Waals surface area contributed by atoms with Crippen molar-refractivity contribution in [3.8, 4) is 0 Å². The Morgan fingerprint density at radius 1 is 1.54 bits per heavy atom. The number of rotatable bonds is 3. The summed E-state index contributed by atoms with van der Waals surface area (Å²) in [5.74, 6) is 1.50. The van der Waals surface area contributed by atoms with Gasteiger partial charge in [-0.05, 0) is 37.2 Å². The third kappa shape index (κ3) is 2.87. The highest BCUT2D eigenvalue weighted by atomic mass is 16.1. The van der Waals surface area contributed by atoms with Crippen molar-refractivity contribution in [1.29, 1.82) is 0 Å². The van der Waals surface area contributed by atoms with Crippen molar-refractivity contribution < 1.29 is 4.79 Å². The average molecular weight is 181 g/mol. The number of carbonyl (C=O) groups excluding carboxylic acids is 1. The van der Waals surface area contributed by atoms with Crippen molar-refractivity contribution in [3.05, 3.63) is 12.7 Å². The van der Waals surface area contributed by atoms with Gasteiger partial charge in [0.05, 0.1) is 0 Å². The number of amides is 1. The maximum Gasteiger partial charge on any atom is 0.243 e. The fraction of sp³-hybridized carbons (Fsp3) is 0.727. The molecule has 0 saturated heterocycles. The molecular weight excluding hydrogens is 162 g/mol. The molecule has 0 spiro atoms. The van der Waals surface area contributed by atoms with Crippen LogP contribution in [0.5, 0.6) is 0 Å². The van der Waals surface area contributed by atoms with E-state index in [1.165, 1.54) is 12.5 Å². The van der Waals surface area contributed by atoms with Crippen LogP contribution in [0.15, 0.2) is 12.7 Å². The van der Waals surface area contributed by atoms with Crippen molar-refractivity contribution >= 4 is 5.91 Å². The third-order valence-electron chi connectivity index (χ3n) is 2.95. The predicted octanol–water partition coefficient (Wildman–Crippen LogP) is 2.11. The van der Waals surface area contributed by atoms with Crippen LogP contribution in [0, 0.1) is 11.8 Å². The van der Waals surface area contributed by atoms with Crippen LogP contribution in [0.25, 0.3) is 0 Å². The van der Waals surface area contributed by atoms with E-state index >= 15 is 0 Å². The van der Waals surface area contributed by atoms with Gasteiger partial charge in [0.25, 0.3) is 0 Å². The van der Waals surface area contributed by atoms with E-state index in [1.54, 1.807) is 0 Å². The van der Waals surface area contributed by atoms with Crippen molar-refractivity contribution in [2.24, 2.45) is 11.8 Å².